The van der Waals surface area contributed by atoms with Crippen LogP contribution in [-0.2, 0) is 23.9 Å². The lowest BCUT2D eigenvalue weighted by Crippen LogP contribution is -2.39. The number of rotatable bonds is 13. The van der Waals surface area contributed by atoms with E-state index in [0.717, 1.165) is 37.5 Å². The van der Waals surface area contributed by atoms with Gasteiger partial charge in [-0.1, -0.05) is 49.2 Å². The second-order valence-electron chi connectivity index (χ2n) is 14.5. The van der Waals surface area contributed by atoms with Crippen molar-refractivity contribution in [1.29, 1.82) is 0 Å². The molecule has 2 aromatic carbocycles. The van der Waals surface area contributed by atoms with E-state index in [-0.39, 0.29) is 24.4 Å². The highest BCUT2D eigenvalue weighted by Gasteiger charge is 2.39. The van der Waals surface area contributed by atoms with Crippen LogP contribution < -0.4 is 11.1 Å². The Hall–Kier alpha value is -3.44. The Morgan fingerprint density at radius 1 is 0.680 bits per heavy atom. The Kier molecular flexibility index (Phi) is 20.2. The quantitative estimate of drug-likeness (QED) is 0.140. The third kappa shape index (κ3) is 20.3. The number of unbranched alkanes of at least 4 members (excludes halogenated alkanes) is 2. The molecule has 2 aromatic rings. The van der Waals surface area contributed by atoms with Crippen LogP contribution in [0.25, 0.3) is 0 Å². The van der Waals surface area contributed by atoms with Crippen LogP contribution in [-0.4, -0.2) is 47.4 Å². The molecule has 8 nitrogen and oxygen atoms in total. The largest absolute Gasteiger partial charge is 0.471 e. The van der Waals surface area contributed by atoms with Crippen LogP contribution in [0, 0.1) is 27.7 Å². The molecule has 2 atom stereocenters. The number of aryl methyl sites for hydroxylation is 4. The maximum absolute atomic E-state index is 12.6. The number of amides is 1. The summed E-state index contributed by atoms with van der Waals surface area (Å²) in [4.78, 5) is 34.7. The van der Waals surface area contributed by atoms with E-state index in [4.69, 9.17) is 20.3 Å². The summed E-state index contributed by atoms with van der Waals surface area (Å²) in [5.74, 6) is -2.43. The smallest absolute Gasteiger partial charge is 0.460 e. The number of carbonyl (C=O) groups is 3. The molecule has 50 heavy (non-hydrogen) atoms. The number of nitrogens with two attached hydrogens (primary N) is 1. The molecule has 0 spiro atoms. The van der Waals surface area contributed by atoms with E-state index in [1.165, 1.54) is 16.7 Å². The lowest BCUT2D eigenvalue weighted by molar-refractivity contribution is -0.174. The highest BCUT2D eigenvalue weighted by Crippen LogP contribution is 2.26. The molecule has 11 heteroatoms. The summed E-state index contributed by atoms with van der Waals surface area (Å²) in [5, 5.41) is 9.07. The van der Waals surface area contributed by atoms with E-state index >= 15 is 0 Å². The minimum Gasteiger partial charge on any atom is -0.460 e. The van der Waals surface area contributed by atoms with Gasteiger partial charge in [-0.25, -0.2) is 0 Å². The minimum absolute atomic E-state index is 0.0444. The van der Waals surface area contributed by atoms with Gasteiger partial charge in [0, 0.05) is 26.0 Å². The summed E-state index contributed by atoms with van der Waals surface area (Å²) < 4.78 is 48.4. The molecule has 0 aromatic heterocycles. The molecule has 0 saturated heterocycles. The topological polar surface area (TPSA) is 128 Å². The lowest BCUT2D eigenvalue weighted by atomic mass is 9.96. The number of aliphatic hydroxyl groups is 1. The van der Waals surface area contributed by atoms with Gasteiger partial charge in [-0.2, -0.15) is 13.2 Å². The van der Waals surface area contributed by atoms with E-state index in [9.17, 15) is 27.6 Å². The van der Waals surface area contributed by atoms with Gasteiger partial charge in [-0.15, -0.1) is 0 Å². The summed E-state index contributed by atoms with van der Waals surface area (Å²) in [6, 6.07) is 11.0. The first kappa shape index (κ1) is 46.6. The molecule has 284 valence electrons. The van der Waals surface area contributed by atoms with Crippen molar-refractivity contribution in [1.82, 2.24) is 5.32 Å². The summed E-state index contributed by atoms with van der Waals surface area (Å²) >= 11 is 0. The number of esters is 2. The monoisotopic (exact) mass is 710 g/mol. The molecule has 0 aliphatic rings. The Morgan fingerprint density at radius 2 is 1.08 bits per heavy atom. The number of halogens is 3. The molecule has 0 aliphatic carbocycles. The summed E-state index contributed by atoms with van der Waals surface area (Å²) in [5.41, 5.74) is 11.6. The number of hydrogen-bond acceptors (Lipinski definition) is 7. The zero-order valence-electron chi connectivity index (χ0n) is 32.0. The van der Waals surface area contributed by atoms with E-state index in [0.29, 0.717) is 31.2 Å². The van der Waals surface area contributed by atoms with Gasteiger partial charge in [0.15, 0.2) is 0 Å². The second-order valence-corrected chi connectivity index (χ2v) is 14.5. The van der Waals surface area contributed by atoms with Crippen molar-refractivity contribution in [2.45, 2.75) is 150 Å². The van der Waals surface area contributed by atoms with Crippen molar-refractivity contribution in [3.05, 3.63) is 69.8 Å². The second kappa shape index (κ2) is 21.7. The maximum Gasteiger partial charge on any atom is 0.471 e. The first-order valence-electron chi connectivity index (χ1n) is 17.1. The maximum atomic E-state index is 12.6. The number of benzene rings is 2. The standard InChI is InChI=1S/C20H28F3NO3.C18H29NO2.CH4O/c1-13-10-11-15(12-14(13)2)16(24-18(26)20(21,22)23)8-6-7-9-17(25)27-19(3,4)5;1-13-10-11-15(12-14(13)2)16(19)8-6-7-9-17(20)21-18(3,4)5;1-2/h10-12,16H,6-9H2,1-5H3,(H,24,26);10-12,16H,6-9,19H2,1-5H3;2H,1H3/t2*16-;/m11./s1. The fraction of sp³-hybridized carbons (Fsp3) is 0.615. The third-order valence-corrected chi connectivity index (χ3v) is 7.57. The molecule has 0 aliphatic heterocycles. The van der Waals surface area contributed by atoms with Crippen LogP contribution in [0.2, 0.25) is 0 Å². The summed E-state index contributed by atoms with van der Waals surface area (Å²) in [6.07, 6.45) is -0.373. The Balaban J connectivity index is 0.000000940. The number of alkyl halides is 3. The van der Waals surface area contributed by atoms with Crippen molar-refractivity contribution in [2.24, 2.45) is 5.73 Å². The van der Waals surface area contributed by atoms with E-state index in [2.05, 4.69) is 37.4 Å². The fourth-order valence-corrected chi connectivity index (χ4v) is 4.74. The average Bonchev–Trinajstić information content (AvgIpc) is 2.98. The Morgan fingerprint density at radius 3 is 1.48 bits per heavy atom. The first-order chi connectivity index (χ1) is 23.0. The van der Waals surface area contributed by atoms with Gasteiger partial charge in [0.05, 0.1) is 6.04 Å². The first-order valence-corrected chi connectivity index (χ1v) is 17.1. The van der Waals surface area contributed by atoms with Gasteiger partial charge < -0.3 is 25.6 Å². The number of hydrogen-bond donors (Lipinski definition) is 3. The molecule has 4 N–H and O–H groups in total. The molecule has 0 bridgehead atoms. The summed E-state index contributed by atoms with van der Waals surface area (Å²) in [6.45, 7) is 19.0. The molecule has 0 unspecified atom stereocenters. The molecular weight excluding hydrogens is 649 g/mol. The molecule has 1 amide bonds. The van der Waals surface area contributed by atoms with Crippen LogP contribution in [0.4, 0.5) is 13.2 Å². The van der Waals surface area contributed by atoms with E-state index in [1.807, 2.05) is 40.7 Å². The van der Waals surface area contributed by atoms with Gasteiger partial charge in [0.2, 0.25) is 0 Å². The molecule has 0 radical (unpaired) electrons. The van der Waals surface area contributed by atoms with Crippen molar-refractivity contribution in [3.8, 4) is 0 Å². The average molecular weight is 711 g/mol. The molecule has 0 saturated carbocycles. The predicted molar refractivity (Wildman–Crippen MR) is 192 cm³/mol. The molecule has 0 heterocycles. The van der Waals surface area contributed by atoms with Crippen LogP contribution in [0.3, 0.4) is 0 Å². The van der Waals surface area contributed by atoms with Crippen molar-refractivity contribution < 1.29 is 42.1 Å². The normalized spacial score (nSPS) is 12.7. The molecule has 0 fully saturated rings. The number of ether oxygens (including phenoxy) is 2. The highest BCUT2D eigenvalue weighted by atomic mass is 19.4. The van der Waals surface area contributed by atoms with E-state index in [1.54, 1.807) is 32.9 Å². The zero-order chi connectivity index (χ0) is 38.9. The van der Waals surface area contributed by atoms with Gasteiger partial charge in [-0.3, -0.25) is 14.4 Å². The Bertz CT molecular complexity index is 1350. The van der Waals surface area contributed by atoms with Crippen LogP contribution in [0.15, 0.2) is 36.4 Å². The lowest BCUT2D eigenvalue weighted by Gasteiger charge is -2.21. The minimum atomic E-state index is -4.94. The van der Waals surface area contributed by atoms with Crippen LogP contribution in [0.1, 0.15) is 138 Å². The molecular formula is C39H61F3N2O6. The number of carbonyl (C=O) groups excluding carboxylic acids is 3. The SMILES string of the molecule is CO.Cc1ccc([C@@H](CCCCC(=O)OC(C)(C)C)NC(=O)C(F)(F)F)cc1C.Cc1ccc([C@H](N)CCCCC(=O)OC(C)(C)C)cc1C. The zero-order valence-corrected chi connectivity index (χ0v) is 32.0. The van der Waals surface area contributed by atoms with Crippen molar-refractivity contribution in [2.75, 3.05) is 7.11 Å². The predicted octanol–water partition coefficient (Wildman–Crippen LogP) is 8.74. The van der Waals surface area contributed by atoms with Crippen LogP contribution >= 0.6 is 0 Å². The van der Waals surface area contributed by atoms with Crippen molar-refractivity contribution >= 4 is 17.8 Å². The van der Waals surface area contributed by atoms with Crippen LogP contribution in [0.5, 0.6) is 0 Å². The third-order valence-electron chi connectivity index (χ3n) is 7.57. The van der Waals surface area contributed by atoms with Gasteiger partial charge >= 0.3 is 24.0 Å². The van der Waals surface area contributed by atoms with E-state index < -0.39 is 29.3 Å². The van der Waals surface area contributed by atoms with Gasteiger partial charge in [0.1, 0.15) is 11.2 Å². The molecule has 2 rings (SSSR count). The number of nitrogens with one attached hydrogen (secondary N) is 1. The van der Waals surface area contributed by atoms with Crippen molar-refractivity contribution in [3.63, 3.8) is 0 Å². The highest BCUT2D eigenvalue weighted by molar-refractivity contribution is 5.82. The van der Waals surface area contributed by atoms with Gasteiger partial charge in [-0.05, 0) is 128 Å². The Labute approximate surface area is 297 Å². The fourth-order valence-electron chi connectivity index (χ4n) is 4.74. The number of aliphatic hydroxyl groups excluding tert-OH is 1. The van der Waals surface area contributed by atoms with Gasteiger partial charge in [0.25, 0.3) is 0 Å². The summed E-state index contributed by atoms with van der Waals surface area (Å²) in [7, 11) is 1.00.